The summed E-state index contributed by atoms with van der Waals surface area (Å²) in [6.07, 6.45) is 5.58. The van der Waals surface area contributed by atoms with Crippen molar-refractivity contribution >= 4 is 22.2 Å². The molecule has 0 unspecified atom stereocenters. The van der Waals surface area contributed by atoms with Crippen LogP contribution in [0.3, 0.4) is 0 Å². The minimum absolute atomic E-state index is 0.0234. The van der Waals surface area contributed by atoms with Crippen molar-refractivity contribution in [2.45, 2.75) is 71.1 Å². The lowest BCUT2D eigenvalue weighted by atomic mass is 10.1. The number of rotatable bonds is 8. The normalized spacial score (nSPS) is 15.6. The molecule has 1 atom stereocenters. The SMILES string of the molecule is CC[C@@H](c1nnnn1C1CCCC1)N(Cc1cccs1)Cc1cc2cc(C)ccc2[nH]c1=O. The monoisotopic (exact) mass is 462 g/mol. The van der Waals surface area contributed by atoms with Crippen molar-refractivity contribution in [1.29, 1.82) is 0 Å². The van der Waals surface area contributed by atoms with E-state index in [-0.39, 0.29) is 11.6 Å². The molecule has 1 aromatic carbocycles. The van der Waals surface area contributed by atoms with Crippen LogP contribution in [0.1, 0.15) is 72.9 Å². The smallest absolute Gasteiger partial charge is 0.252 e. The number of aromatic nitrogens is 5. The predicted molar refractivity (Wildman–Crippen MR) is 131 cm³/mol. The zero-order valence-corrected chi connectivity index (χ0v) is 20.0. The van der Waals surface area contributed by atoms with E-state index in [9.17, 15) is 4.79 Å². The Kier molecular flexibility index (Phi) is 6.37. The number of hydrogen-bond acceptors (Lipinski definition) is 6. The maximum Gasteiger partial charge on any atom is 0.252 e. The van der Waals surface area contributed by atoms with Crippen molar-refractivity contribution in [3.63, 3.8) is 0 Å². The first-order valence-electron chi connectivity index (χ1n) is 11.8. The molecular formula is C25H30N6OS. The largest absolute Gasteiger partial charge is 0.322 e. The average molecular weight is 463 g/mol. The second kappa shape index (κ2) is 9.57. The molecule has 1 aliphatic carbocycles. The summed E-state index contributed by atoms with van der Waals surface area (Å²) in [6.45, 7) is 5.53. The molecule has 33 heavy (non-hydrogen) atoms. The molecule has 0 amide bonds. The van der Waals surface area contributed by atoms with Gasteiger partial charge in [-0.1, -0.05) is 37.5 Å². The Balaban J connectivity index is 1.52. The van der Waals surface area contributed by atoms with Crippen LogP contribution >= 0.6 is 11.3 Å². The van der Waals surface area contributed by atoms with E-state index in [1.54, 1.807) is 11.3 Å². The summed E-state index contributed by atoms with van der Waals surface area (Å²) in [4.78, 5) is 19.7. The lowest BCUT2D eigenvalue weighted by Gasteiger charge is -2.30. The number of aromatic amines is 1. The Labute approximate surface area is 197 Å². The highest BCUT2D eigenvalue weighted by Gasteiger charge is 2.29. The van der Waals surface area contributed by atoms with Crippen LogP contribution in [-0.4, -0.2) is 30.1 Å². The van der Waals surface area contributed by atoms with Crippen molar-refractivity contribution < 1.29 is 0 Å². The van der Waals surface area contributed by atoms with E-state index in [4.69, 9.17) is 0 Å². The van der Waals surface area contributed by atoms with Gasteiger partial charge in [0.15, 0.2) is 5.82 Å². The van der Waals surface area contributed by atoms with Gasteiger partial charge < -0.3 is 4.98 Å². The van der Waals surface area contributed by atoms with E-state index in [1.165, 1.54) is 23.3 Å². The van der Waals surface area contributed by atoms with Gasteiger partial charge >= 0.3 is 0 Å². The van der Waals surface area contributed by atoms with Crippen molar-refractivity contribution in [2.75, 3.05) is 0 Å². The van der Waals surface area contributed by atoms with Gasteiger partial charge in [-0.05, 0) is 71.6 Å². The minimum atomic E-state index is -0.0345. The molecule has 5 rings (SSSR count). The lowest BCUT2D eigenvalue weighted by Crippen LogP contribution is -2.32. The predicted octanol–water partition coefficient (Wildman–Crippen LogP) is 5.15. The van der Waals surface area contributed by atoms with E-state index in [2.05, 4.69) is 67.5 Å². The molecule has 7 nitrogen and oxygen atoms in total. The van der Waals surface area contributed by atoms with Gasteiger partial charge in [-0.3, -0.25) is 9.69 Å². The van der Waals surface area contributed by atoms with Gasteiger partial charge in [-0.25, -0.2) is 4.68 Å². The fourth-order valence-corrected chi connectivity index (χ4v) is 5.75. The van der Waals surface area contributed by atoms with Crippen molar-refractivity contribution in [1.82, 2.24) is 30.1 Å². The molecule has 0 aliphatic heterocycles. The summed E-state index contributed by atoms with van der Waals surface area (Å²) < 4.78 is 2.05. The summed E-state index contributed by atoms with van der Waals surface area (Å²) in [6, 6.07) is 12.8. The molecule has 1 N–H and O–H groups in total. The molecule has 1 saturated carbocycles. The molecule has 4 aromatic rings. The zero-order chi connectivity index (χ0) is 22.8. The fraction of sp³-hybridized carbons (Fsp3) is 0.440. The first-order valence-corrected chi connectivity index (χ1v) is 12.7. The van der Waals surface area contributed by atoms with E-state index < -0.39 is 0 Å². The van der Waals surface area contributed by atoms with E-state index in [0.29, 0.717) is 12.6 Å². The molecule has 0 bridgehead atoms. The fourth-order valence-electron chi connectivity index (χ4n) is 5.02. The number of aryl methyl sites for hydroxylation is 1. The first-order chi connectivity index (χ1) is 16.1. The molecule has 0 saturated heterocycles. The molecule has 1 aliphatic rings. The van der Waals surface area contributed by atoms with Gasteiger partial charge in [0.05, 0.1) is 12.1 Å². The number of fused-ring (bicyclic) bond motifs is 1. The van der Waals surface area contributed by atoms with Crippen LogP contribution in [0.25, 0.3) is 10.9 Å². The van der Waals surface area contributed by atoms with Gasteiger partial charge in [0.25, 0.3) is 5.56 Å². The number of nitrogens with zero attached hydrogens (tertiary/aromatic N) is 5. The Morgan fingerprint density at radius 3 is 2.82 bits per heavy atom. The molecule has 3 aromatic heterocycles. The molecule has 1 fully saturated rings. The van der Waals surface area contributed by atoms with Gasteiger partial charge in [0.1, 0.15) is 0 Å². The third kappa shape index (κ3) is 4.63. The number of benzene rings is 1. The van der Waals surface area contributed by atoms with Crippen LogP contribution in [0.4, 0.5) is 0 Å². The number of H-pyrrole nitrogens is 1. The van der Waals surface area contributed by atoms with Gasteiger partial charge in [0.2, 0.25) is 0 Å². The topological polar surface area (TPSA) is 79.7 Å². The standard InChI is InChI=1S/C25H30N6OS/c1-3-23(24-27-28-29-31(24)20-7-4-5-8-20)30(16-21-9-6-12-33-21)15-19-14-18-13-17(2)10-11-22(18)26-25(19)32/h6,9-14,20,23H,3-5,7-8,15-16H2,1-2H3,(H,26,32)/t23-/m0/s1. The summed E-state index contributed by atoms with van der Waals surface area (Å²) in [7, 11) is 0. The molecule has 172 valence electrons. The number of thiophene rings is 1. The maximum atomic E-state index is 13.0. The van der Waals surface area contributed by atoms with E-state index in [1.807, 2.05) is 18.2 Å². The number of hydrogen-bond donors (Lipinski definition) is 1. The minimum Gasteiger partial charge on any atom is -0.322 e. The molecule has 0 radical (unpaired) electrons. The second-order valence-corrected chi connectivity index (χ2v) is 10.1. The van der Waals surface area contributed by atoms with Gasteiger partial charge in [-0.15, -0.1) is 16.4 Å². The third-order valence-electron chi connectivity index (χ3n) is 6.70. The van der Waals surface area contributed by atoms with Crippen LogP contribution in [0.2, 0.25) is 0 Å². The number of nitrogens with one attached hydrogen (secondary N) is 1. The first kappa shape index (κ1) is 22.0. The number of pyridine rings is 1. The molecule has 0 spiro atoms. The third-order valence-corrected chi connectivity index (χ3v) is 7.56. The lowest BCUT2D eigenvalue weighted by molar-refractivity contribution is 0.159. The average Bonchev–Trinajstić information content (AvgIpc) is 3.58. The van der Waals surface area contributed by atoms with Crippen LogP contribution in [0, 0.1) is 6.92 Å². The number of tetrazole rings is 1. The summed E-state index contributed by atoms with van der Waals surface area (Å²) in [5.74, 6) is 0.911. The second-order valence-electron chi connectivity index (χ2n) is 9.04. The quantitative estimate of drug-likeness (QED) is 0.392. The Bertz CT molecular complexity index is 1270. The van der Waals surface area contributed by atoms with E-state index in [0.717, 1.165) is 48.1 Å². The van der Waals surface area contributed by atoms with Crippen molar-refractivity contribution in [2.24, 2.45) is 0 Å². The Hall–Kier alpha value is -2.84. The molecule has 8 heteroatoms. The zero-order valence-electron chi connectivity index (χ0n) is 19.2. The molecule has 3 heterocycles. The van der Waals surface area contributed by atoms with Crippen LogP contribution < -0.4 is 5.56 Å². The van der Waals surface area contributed by atoms with Crippen LogP contribution in [0.15, 0.2) is 46.6 Å². The summed E-state index contributed by atoms with van der Waals surface area (Å²) >= 11 is 1.74. The van der Waals surface area contributed by atoms with Gasteiger partial charge in [-0.2, -0.15) is 0 Å². The van der Waals surface area contributed by atoms with Crippen LogP contribution in [-0.2, 0) is 13.1 Å². The highest BCUT2D eigenvalue weighted by molar-refractivity contribution is 7.09. The Morgan fingerprint density at radius 2 is 2.06 bits per heavy atom. The van der Waals surface area contributed by atoms with Crippen molar-refractivity contribution in [3.8, 4) is 0 Å². The summed E-state index contributed by atoms with van der Waals surface area (Å²) in [5, 5.41) is 16.1. The Morgan fingerprint density at radius 1 is 1.21 bits per heavy atom. The van der Waals surface area contributed by atoms with Gasteiger partial charge in [0, 0.05) is 29.0 Å². The van der Waals surface area contributed by atoms with E-state index >= 15 is 0 Å². The molecular weight excluding hydrogens is 432 g/mol. The highest BCUT2D eigenvalue weighted by atomic mass is 32.1. The van der Waals surface area contributed by atoms with Crippen molar-refractivity contribution in [3.05, 3.63) is 74.0 Å². The maximum absolute atomic E-state index is 13.0. The summed E-state index contributed by atoms with van der Waals surface area (Å²) in [5.41, 5.74) is 2.78. The highest BCUT2D eigenvalue weighted by Crippen LogP contribution is 2.33. The van der Waals surface area contributed by atoms with Crippen LogP contribution in [0.5, 0.6) is 0 Å².